The lowest BCUT2D eigenvalue weighted by molar-refractivity contribution is -0.139. The number of alkyl halides is 6. The van der Waals surface area contributed by atoms with Gasteiger partial charge in [-0.15, -0.1) is 0 Å². The maximum Gasteiger partial charge on any atom is 0.421 e. The van der Waals surface area contributed by atoms with Crippen LogP contribution in [-0.4, -0.2) is 76.3 Å². The number of carbonyl (C=O) groups excluding carboxylic acids is 1. The van der Waals surface area contributed by atoms with E-state index in [-0.39, 0.29) is 37.0 Å². The molecule has 2 aromatic rings. The Hall–Kier alpha value is -3.27. The average Bonchev–Trinajstić information content (AvgIpc) is 2.87. The van der Waals surface area contributed by atoms with Crippen molar-refractivity contribution < 1.29 is 35.9 Å². The van der Waals surface area contributed by atoms with Gasteiger partial charge in [0.25, 0.3) is 5.56 Å². The molecule has 2 N–H and O–H groups in total. The van der Waals surface area contributed by atoms with Gasteiger partial charge in [-0.1, -0.05) is 0 Å². The van der Waals surface area contributed by atoms with Gasteiger partial charge in [-0.05, 0) is 12.5 Å². The molecule has 16 heteroatoms. The first-order valence-electron chi connectivity index (χ1n) is 11.4. The van der Waals surface area contributed by atoms with Crippen molar-refractivity contribution in [3.8, 4) is 0 Å². The van der Waals surface area contributed by atoms with Gasteiger partial charge in [0.15, 0.2) is 0 Å². The molecule has 202 valence electrons. The fourth-order valence-corrected chi connectivity index (χ4v) is 4.20. The van der Waals surface area contributed by atoms with Crippen LogP contribution < -0.4 is 15.8 Å². The van der Waals surface area contributed by atoms with Gasteiger partial charge >= 0.3 is 12.4 Å². The molecular weight excluding hydrogens is 512 g/mol. The third kappa shape index (κ3) is 6.36. The maximum absolute atomic E-state index is 13.1. The minimum atomic E-state index is -4.85. The summed E-state index contributed by atoms with van der Waals surface area (Å²) in [7, 11) is 0. The van der Waals surface area contributed by atoms with E-state index in [1.54, 1.807) is 9.80 Å². The van der Waals surface area contributed by atoms with Gasteiger partial charge in [-0.25, -0.2) is 15.1 Å². The third-order valence-electron chi connectivity index (χ3n) is 6.14. The second kappa shape index (κ2) is 10.6. The smallest absolute Gasteiger partial charge is 0.369 e. The summed E-state index contributed by atoms with van der Waals surface area (Å²) in [6.45, 7) is 1.90. The molecule has 0 aromatic carbocycles. The predicted molar refractivity (Wildman–Crippen MR) is 115 cm³/mol. The van der Waals surface area contributed by atoms with Crippen molar-refractivity contribution in [3.05, 3.63) is 45.6 Å². The fourth-order valence-electron chi connectivity index (χ4n) is 4.20. The zero-order valence-electron chi connectivity index (χ0n) is 19.3. The Morgan fingerprint density at radius 3 is 2.35 bits per heavy atom. The lowest BCUT2D eigenvalue weighted by Gasteiger charge is -2.36. The summed E-state index contributed by atoms with van der Waals surface area (Å²) >= 11 is 0. The molecule has 1 amide bonds. The van der Waals surface area contributed by atoms with E-state index in [1.807, 2.05) is 5.10 Å². The quantitative estimate of drug-likeness (QED) is 0.557. The van der Waals surface area contributed by atoms with Crippen LogP contribution in [0.1, 0.15) is 35.8 Å². The number of piperazine rings is 1. The van der Waals surface area contributed by atoms with E-state index in [0.29, 0.717) is 51.2 Å². The number of ether oxygens (including phenoxy) is 1. The van der Waals surface area contributed by atoms with Crippen LogP contribution >= 0.6 is 0 Å². The summed E-state index contributed by atoms with van der Waals surface area (Å²) in [4.78, 5) is 35.1. The fraction of sp³-hybridized carbons (Fsp3) is 0.571. The highest BCUT2D eigenvalue weighted by Gasteiger charge is 2.37. The van der Waals surface area contributed by atoms with E-state index in [1.165, 1.54) is 0 Å². The molecule has 0 spiro atoms. The number of nitrogens with zero attached hydrogens (tertiary/aromatic N) is 5. The Balaban J connectivity index is 1.33. The first-order valence-corrected chi connectivity index (χ1v) is 11.4. The molecule has 0 radical (unpaired) electrons. The van der Waals surface area contributed by atoms with Crippen LogP contribution in [0.25, 0.3) is 0 Å². The van der Waals surface area contributed by atoms with Crippen molar-refractivity contribution in [2.45, 2.75) is 37.3 Å². The van der Waals surface area contributed by atoms with E-state index >= 15 is 0 Å². The van der Waals surface area contributed by atoms with Crippen LogP contribution in [0.5, 0.6) is 0 Å². The van der Waals surface area contributed by atoms with E-state index in [0.717, 1.165) is 0 Å². The molecule has 37 heavy (non-hydrogen) atoms. The molecule has 4 rings (SSSR count). The Labute approximate surface area is 206 Å². The second-order valence-corrected chi connectivity index (χ2v) is 8.56. The number of nitrogens with one attached hydrogen (secondary N) is 2. The molecule has 1 unspecified atom stereocenters. The number of carbonyl (C=O) groups is 1. The standard InChI is InChI=1S/C21H23F6N7O3/c22-20(23,24)12-10-29-19(30-11-12)34-6-4-33(5-7-34)16(35)2-1-14-17(37-8-3-28-14)15-9-13(21(25,26)27)18(36)32-31-15/h9-11,14,17,28H,1-8H2,(H,32,36)/t14?,17-/m1/s1. The molecule has 2 fully saturated rings. The molecule has 2 aliphatic rings. The number of H-pyrrole nitrogens is 1. The van der Waals surface area contributed by atoms with E-state index < -0.39 is 41.2 Å². The van der Waals surface area contributed by atoms with Crippen molar-refractivity contribution in [3.63, 3.8) is 0 Å². The first-order chi connectivity index (χ1) is 17.4. The predicted octanol–water partition coefficient (Wildman–Crippen LogP) is 1.76. The normalized spacial score (nSPS) is 21.2. The van der Waals surface area contributed by atoms with Crippen LogP contribution in [0.4, 0.5) is 32.3 Å². The summed E-state index contributed by atoms with van der Waals surface area (Å²) in [6, 6.07) is 0.146. The van der Waals surface area contributed by atoms with Crippen LogP contribution in [0.2, 0.25) is 0 Å². The van der Waals surface area contributed by atoms with Crippen molar-refractivity contribution >= 4 is 11.9 Å². The number of rotatable bonds is 5. The molecule has 2 aliphatic heterocycles. The topological polar surface area (TPSA) is 116 Å². The number of hydrogen-bond donors (Lipinski definition) is 2. The monoisotopic (exact) mass is 535 g/mol. The zero-order valence-corrected chi connectivity index (χ0v) is 19.3. The van der Waals surface area contributed by atoms with E-state index in [9.17, 15) is 35.9 Å². The molecule has 2 aromatic heterocycles. The zero-order chi connectivity index (χ0) is 26.8. The summed E-state index contributed by atoms with van der Waals surface area (Å²) < 4.78 is 83.1. The Bertz CT molecular complexity index is 1150. The van der Waals surface area contributed by atoms with Gasteiger partial charge in [-0.3, -0.25) is 9.59 Å². The highest BCUT2D eigenvalue weighted by molar-refractivity contribution is 5.76. The maximum atomic E-state index is 13.1. The van der Waals surface area contributed by atoms with E-state index in [2.05, 4.69) is 20.4 Å². The summed E-state index contributed by atoms with van der Waals surface area (Å²) in [5.74, 6) is -0.0531. The Morgan fingerprint density at radius 2 is 1.73 bits per heavy atom. The number of hydrogen-bond acceptors (Lipinski definition) is 8. The van der Waals surface area contributed by atoms with Crippen molar-refractivity contribution in [1.82, 2.24) is 30.4 Å². The Morgan fingerprint density at radius 1 is 1.05 bits per heavy atom. The van der Waals surface area contributed by atoms with Crippen LogP contribution in [0.15, 0.2) is 23.3 Å². The third-order valence-corrected chi connectivity index (χ3v) is 6.14. The molecule has 2 saturated heterocycles. The van der Waals surface area contributed by atoms with Gasteiger partial charge < -0.3 is 19.9 Å². The number of aromatic nitrogens is 4. The lowest BCUT2D eigenvalue weighted by atomic mass is 9.99. The Kier molecular flexibility index (Phi) is 7.68. The lowest BCUT2D eigenvalue weighted by Crippen LogP contribution is -2.50. The van der Waals surface area contributed by atoms with Crippen LogP contribution in [0, 0.1) is 0 Å². The van der Waals surface area contributed by atoms with Crippen LogP contribution in [0.3, 0.4) is 0 Å². The molecule has 0 aliphatic carbocycles. The number of morpholine rings is 1. The molecule has 4 heterocycles. The van der Waals surface area contributed by atoms with Crippen molar-refractivity contribution in [1.29, 1.82) is 0 Å². The van der Waals surface area contributed by atoms with E-state index in [4.69, 9.17) is 4.74 Å². The number of aromatic amines is 1. The SMILES string of the molecule is O=C(CCC1NCCO[C@H]1c1cc(C(F)(F)F)c(=O)[nH]n1)N1CCN(c2ncc(C(F)(F)F)cn2)CC1. The average molecular weight is 535 g/mol. The second-order valence-electron chi connectivity index (χ2n) is 8.56. The minimum absolute atomic E-state index is 0.0732. The number of amides is 1. The molecule has 0 bridgehead atoms. The summed E-state index contributed by atoms with van der Waals surface area (Å²) in [5.41, 5.74) is -3.78. The highest BCUT2D eigenvalue weighted by atomic mass is 19.4. The number of anilines is 1. The first kappa shape index (κ1) is 26.8. The highest BCUT2D eigenvalue weighted by Crippen LogP contribution is 2.31. The molecule has 10 nitrogen and oxygen atoms in total. The van der Waals surface area contributed by atoms with Gasteiger partial charge in [0.1, 0.15) is 11.7 Å². The summed E-state index contributed by atoms with van der Waals surface area (Å²) in [5, 5.41) is 8.71. The van der Waals surface area contributed by atoms with Gasteiger partial charge in [0.05, 0.1) is 17.9 Å². The largest absolute Gasteiger partial charge is 0.421 e. The molecular formula is C21H23F6N7O3. The van der Waals surface area contributed by atoms with Crippen molar-refractivity contribution in [2.75, 3.05) is 44.2 Å². The minimum Gasteiger partial charge on any atom is -0.369 e. The summed E-state index contributed by atoms with van der Waals surface area (Å²) in [6.07, 6.45) is -8.54. The number of halogens is 6. The van der Waals surface area contributed by atoms with Crippen LogP contribution in [-0.2, 0) is 21.9 Å². The van der Waals surface area contributed by atoms with Gasteiger partial charge in [-0.2, -0.15) is 31.4 Å². The van der Waals surface area contributed by atoms with Crippen molar-refractivity contribution in [2.24, 2.45) is 0 Å². The van der Waals surface area contributed by atoms with Gasteiger partial charge in [0, 0.05) is 57.6 Å². The molecule has 0 saturated carbocycles. The molecule has 2 atom stereocenters. The van der Waals surface area contributed by atoms with Gasteiger partial charge in [0.2, 0.25) is 11.9 Å².